The van der Waals surface area contributed by atoms with Crippen molar-refractivity contribution < 1.29 is 14.5 Å². The number of para-hydroxylation sites is 1. The fourth-order valence-corrected chi connectivity index (χ4v) is 0.985. The van der Waals surface area contributed by atoms with E-state index in [1.807, 2.05) is 6.07 Å². The van der Waals surface area contributed by atoms with Gasteiger partial charge in [-0.2, -0.15) is 0 Å². The van der Waals surface area contributed by atoms with Gasteiger partial charge in [0.1, 0.15) is 0 Å². The molecular weight excluding hydrogens is 163 g/mol. The van der Waals surface area contributed by atoms with E-state index in [2.05, 4.69) is 0 Å². The molecule has 58 valence electrons. The number of benzene rings is 1. The molecule has 0 aliphatic rings. The van der Waals surface area contributed by atoms with Crippen molar-refractivity contribution in [1.29, 1.82) is 0 Å². The first-order valence-electron chi connectivity index (χ1n) is 3.00. The predicted octanol–water partition coefficient (Wildman–Crippen LogP) is 0.870. The average molecular weight is 170 g/mol. The van der Waals surface area contributed by atoms with Crippen LogP contribution in [0.5, 0.6) is 5.75 Å². The Morgan fingerprint density at radius 2 is 2.00 bits per heavy atom. The molecule has 3 nitrogen and oxygen atoms in total. The summed E-state index contributed by atoms with van der Waals surface area (Å²) in [6.45, 7) is 0. The van der Waals surface area contributed by atoms with Crippen LogP contribution in [0.3, 0.4) is 0 Å². The molecule has 0 saturated carbocycles. The second-order valence-electron chi connectivity index (χ2n) is 1.81. The maximum atomic E-state index is 10.6. The number of aliphatic hydroxyl groups is 1. The fraction of sp³-hybridized carbons (Fsp3) is 0. The molecule has 1 aromatic carbocycles. The molecule has 1 rings (SSSR count). The summed E-state index contributed by atoms with van der Waals surface area (Å²) < 4.78 is 4.77. The number of aliphatic hydroxyl groups excluding tert-OH is 1. The Labute approximate surface area is 65.4 Å². The molecule has 0 saturated heterocycles. The third kappa shape index (κ3) is 2.68. The number of hydrogen-bond acceptors (Lipinski definition) is 2. The van der Waals surface area contributed by atoms with Crippen molar-refractivity contribution in [3.8, 4) is 5.75 Å². The van der Waals surface area contributed by atoms with E-state index in [-0.39, 0.29) is 0 Å². The Morgan fingerprint density at radius 3 is 2.55 bits per heavy atom. The molecule has 0 spiro atoms. The van der Waals surface area contributed by atoms with Crippen molar-refractivity contribution in [3.63, 3.8) is 0 Å². The second kappa shape index (κ2) is 4.09. The summed E-state index contributed by atoms with van der Waals surface area (Å²) in [5.41, 5.74) is 0. The lowest BCUT2D eigenvalue weighted by Crippen LogP contribution is -1.96. The molecule has 11 heavy (non-hydrogen) atoms. The average Bonchev–Trinajstić information content (AvgIpc) is 2.06. The Morgan fingerprint density at radius 1 is 1.36 bits per heavy atom. The largest absolute Gasteiger partial charge is 0.593 e. The van der Waals surface area contributed by atoms with E-state index >= 15 is 0 Å². The predicted molar refractivity (Wildman–Crippen MR) is 42.0 cm³/mol. The topological polar surface area (TPSA) is 52.5 Å². The third-order valence-corrected chi connectivity index (χ3v) is 1.61. The van der Waals surface area contributed by atoms with Gasteiger partial charge in [0, 0.05) is 0 Å². The SMILES string of the molecule is [O-]/[P+](=C\O)Oc1ccccc1. The molecule has 1 unspecified atom stereocenters. The van der Waals surface area contributed by atoms with Gasteiger partial charge >= 0.3 is 8.00 Å². The lowest BCUT2D eigenvalue weighted by atomic mass is 10.3. The number of hydrogen-bond donors (Lipinski definition) is 1. The first-order chi connectivity index (χ1) is 5.33. The van der Waals surface area contributed by atoms with Crippen molar-refractivity contribution in [2.45, 2.75) is 0 Å². The molecule has 1 N–H and O–H groups in total. The summed E-state index contributed by atoms with van der Waals surface area (Å²) in [6.07, 6.45) is 0. The Balaban J connectivity index is 2.65. The first kappa shape index (κ1) is 8.21. The van der Waals surface area contributed by atoms with Gasteiger partial charge in [-0.15, -0.1) is 0 Å². The Kier molecular flexibility index (Phi) is 3.05. The summed E-state index contributed by atoms with van der Waals surface area (Å²) in [5.74, 6) is 1.02. The van der Waals surface area contributed by atoms with Crippen molar-refractivity contribution >= 4 is 14.0 Å². The smallest absolute Gasteiger partial charge is 0.302 e. The highest BCUT2D eigenvalue weighted by atomic mass is 31.1. The van der Waals surface area contributed by atoms with Gasteiger partial charge < -0.3 is 10.00 Å². The Bertz CT molecular complexity index is 245. The molecule has 1 aromatic rings. The number of rotatable bonds is 2. The zero-order chi connectivity index (χ0) is 8.10. The molecule has 0 bridgehead atoms. The van der Waals surface area contributed by atoms with Crippen LogP contribution >= 0.6 is 8.00 Å². The van der Waals surface area contributed by atoms with Gasteiger partial charge in [0.25, 0.3) is 0 Å². The van der Waals surface area contributed by atoms with E-state index in [1.165, 1.54) is 0 Å². The van der Waals surface area contributed by atoms with Gasteiger partial charge in [-0.05, 0) is 12.1 Å². The summed E-state index contributed by atoms with van der Waals surface area (Å²) >= 11 is 0. The summed E-state index contributed by atoms with van der Waals surface area (Å²) in [7, 11) is -2.07. The van der Waals surface area contributed by atoms with E-state index in [0.717, 1.165) is 0 Å². The van der Waals surface area contributed by atoms with Gasteiger partial charge in [-0.25, -0.2) is 0 Å². The molecule has 0 fully saturated rings. The molecule has 4 heteroatoms. The molecule has 0 aliphatic heterocycles. The standard InChI is InChI=1S/C7H7O3P/c8-6-11(9)10-7-4-2-1-3-5-7/h1-6,8H. The molecule has 0 radical (unpaired) electrons. The monoisotopic (exact) mass is 170 g/mol. The lowest BCUT2D eigenvalue weighted by molar-refractivity contribution is -0.166. The highest BCUT2D eigenvalue weighted by molar-refractivity contribution is 7.44. The highest BCUT2D eigenvalue weighted by Crippen LogP contribution is 2.18. The molecule has 0 aromatic heterocycles. The zero-order valence-corrected chi connectivity index (χ0v) is 6.57. The first-order valence-corrected chi connectivity index (χ1v) is 4.24. The van der Waals surface area contributed by atoms with Gasteiger partial charge in [0.05, 0.1) is 0 Å². The van der Waals surface area contributed by atoms with Crippen LogP contribution in [0.4, 0.5) is 0 Å². The van der Waals surface area contributed by atoms with E-state index in [4.69, 9.17) is 9.63 Å². The molecule has 1 atom stereocenters. The van der Waals surface area contributed by atoms with Gasteiger partial charge in [0.15, 0.2) is 5.75 Å². The quantitative estimate of drug-likeness (QED) is 0.670. The maximum Gasteiger partial charge on any atom is 0.302 e. The lowest BCUT2D eigenvalue weighted by Gasteiger charge is -1.96. The van der Waals surface area contributed by atoms with Crippen LogP contribution in [0, 0.1) is 0 Å². The van der Waals surface area contributed by atoms with Crippen LogP contribution in [-0.2, 0) is 0 Å². The van der Waals surface area contributed by atoms with Gasteiger partial charge in [-0.3, -0.25) is 4.52 Å². The minimum atomic E-state index is -2.07. The van der Waals surface area contributed by atoms with Crippen LogP contribution in [-0.4, -0.2) is 11.1 Å². The van der Waals surface area contributed by atoms with Crippen molar-refractivity contribution in [1.82, 2.24) is 0 Å². The summed E-state index contributed by atoms with van der Waals surface area (Å²) in [5, 5.41) is 8.26. The summed E-state index contributed by atoms with van der Waals surface area (Å²) in [6, 6.07) is 8.67. The Hall–Kier alpha value is -0.890. The third-order valence-electron chi connectivity index (χ3n) is 1.03. The van der Waals surface area contributed by atoms with Crippen LogP contribution in [0.1, 0.15) is 0 Å². The van der Waals surface area contributed by atoms with Crippen LogP contribution < -0.4 is 9.42 Å². The van der Waals surface area contributed by atoms with Crippen LogP contribution in [0.2, 0.25) is 0 Å². The zero-order valence-electron chi connectivity index (χ0n) is 5.68. The van der Waals surface area contributed by atoms with Gasteiger partial charge in [0.2, 0.25) is 5.98 Å². The van der Waals surface area contributed by atoms with Crippen LogP contribution in [0.25, 0.3) is 0 Å². The van der Waals surface area contributed by atoms with Gasteiger partial charge in [-0.1, -0.05) is 18.2 Å². The molecular formula is C7H7O3P. The highest BCUT2D eigenvalue weighted by Gasteiger charge is 1.97. The second-order valence-corrected chi connectivity index (χ2v) is 2.79. The van der Waals surface area contributed by atoms with Crippen LogP contribution in [0.15, 0.2) is 30.3 Å². The van der Waals surface area contributed by atoms with Crippen molar-refractivity contribution in [3.05, 3.63) is 30.3 Å². The van der Waals surface area contributed by atoms with Crippen molar-refractivity contribution in [2.75, 3.05) is 0 Å². The molecule has 0 amide bonds. The van der Waals surface area contributed by atoms with Crippen molar-refractivity contribution in [2.24, 2.45) is 0 Å². The molecule has 0 aliphatic carbocycles. The van der Waals surface area contributed by atoms with E-state index in [0.29, 0.717) is 11.7 Å². The molecule has 0 heterocycles. The maximum absolute atomic E-state index is 10.6. The normalized spacial score (nSPS) is 11.3. The van der Waals surface area contributed by atoms with E-state index in [9.17, 15) is 4.89 Å². The fourth-order valence-electron chi connectivity index (χ4n) is 0.609. The minimum absolute atomic E-state index is 0.485. The van der Waals surface area contributed by atoms with E-state index < -0.39 is 8.00 Å². The minimum Gasteiger partial charge on any atom is -0.593 e. The van der Waals surface area contributed by atoms with E-state index in [1.54, 1.807) is 24.3 Å². The summed E-state index contributed by atoms with van der Waals surface area (Å²) in [4.78, 5) is 10.6.